The van der Waals surface area contributed by atoms with Gasteiger partial charge in [0.1, 0.15) is 0 Å². The molecule has 3 aromatic carbocycles. The van der Waals surface area contributed by atoms with E-state index >= 15 is 0 Å². The average molecular weight is 431 g/mol. The van der Waals surface area contributed by atoms with Gasteiger partial charge in [-0.2, -0.15) is 4.68 Å². The monoisotopic (exact) mass is 431 g/mol. The van der Waals surface area contributed by atoms with Crippen molar-refractivity contribution in [1.29, 1.82) is 0 Å². The number of aromatic nitrogens is 4. The highest BCUT2D eigenvalue weighted by atomic mass is 16.5. The Balaban J connectivity index is 1.41. The fourth-order valence-electron chi connectivity index (χ4n) is 3.09. The fraction of sp³-hybridized carbons (Fsp3) is 0.130. The molecule has 0 atom stereocenters. The molecule has 0 unspecified atom stereocenters. The van der Waals surface area contributed by atoms with Gasteiger partial charge in [-0.15, -0.1) is 0 Å². The SMILES string of the molecule is COc1cc(CNCc2ccc(C(=O)O)cc2)ccc1Oc1nnnn1-c1ccccc1. The predicted molar refractivity (Wildman–Crippen MR) is 116 cm³/mol. The first-order valence-corrected chi connectivity index (χ1v) is 9.85. The molecule has 9 nitrogen and oxygen atoms in total. The van der Waals surface area contributed by atoms with Gasteiger partial charge in [-0.25, -0.2) is 4.79 Å². The Labute approximate surface area is 184 Å². The van der Waals surface area contributed by atoms with E-state index in [-0.39, 0.29) is 11.6 Å². The highest BCUT2D eigenvalue weighted by Crippen LogP contribution is 2.32. The summed E-state index contributed by atoms with van der Waals surface area (Å²) in [6.07, 6.45) is 0. The summed E-state index contributed by atoms with van der Waals surface area (Å²) in [5.41, 5.74) is 3.05. The zero-order chi connectivity index (χ0) is 22.3. The summed E-state index contributed by atoms with van der Waals surface area (Å²) in [6, 6.07) is 22.1. The molecule has 0 spiro atoms. The molecule has 1 aromatic heterocycles. The third-order valence-corrected chi connectivity index (χ3v) is 4.73. The summed E-state index contributed by atoms with van der Waals surface area (Å²) >= 11 is 0. The van der Waals surface area contributed by atoms with E-state index in [1.54, 1.807) is 31.4 Å². The van der Waals surface area contributed by atoms with Crippen molar-refractivity contribution < 1.29 is 19.4 Å². The van der Waals surface area contributed by atoms with Crippen LogP contribution in [0.1, 0.15) is 21.5 Å². The number of methoxy groups -OCH3 is 1. The first-order chi connectivity index (χ1) is 15.6. The molecule has 0 radical (unpaired) electrons. The van der Waals surface area contributed by atoms with E-state index in [0.29, 0.717) is 24.6 Å². The fourth-order valence-corrected chi connectivity index (χ4v) is 3.09. The van der Waals surface area contributed by atoms with Gasteiger partial charge in [0, 0.05) is 13.1 Å². The minimum absolute atomic E-state index is 0.227. The summed E-state index contributed by atoms with van der Waals surface area (Å²) in [5.74, 6) is 0.113. The highest BCUT2D eigenvalue weighted by Gasteiger charge is 2.14. The van der Waals surface area contributed by atoms with Crippen molar-refractivity contribution in [2.75, 3.05) is 7.11 Å². The third-order valence-electron chi connectivity index (χ3n) is 4.73. The predicted octanol–water partition coefficient (Wildman–Crippen LogP) is 3.45. The van der Waals surface area contributed by atoms with Gasteiger partial charge < -0.3 is 19.9 Å². The van der Waals surface area contributed by atoms with Gasteiger partial charge in [0.15, 0.2) is 11.5 Å². The van der Waals surface area contributed by atoms with E-state index in [0.717, 1.165) is 16.8 Å². The molecule has 162 valence electrons. The lowest BCUT2D eigenvalue weighted by atomic mass is 10.1. The van der Waals surface area contributed by atoms with Crippen LogP contribution in [0.2, 0.25) is 0 Å². The van der Waals surface area contributed by atoms with Crippen molar-refractivity contribution in [3.05, 3.63) is 89.5 Å². The lowest BCUT2D eigenvalue weighted by molar-refractivity contribution is 0.0697. The Morgan fingerprint density at radius 3 is 2.41 bits per heavy atom. The van der Waals surface area contributed by atoms with E-state index in [1.165, 1.54) is 4.68 Å². The van der Waals surface area contributed by atoms with Gasteiger partial charge >= 0.3 is 12.0 Å². The topological polar surface area (TPSA) is 111 Å². The van der Waals surface area contributed by atoms with Crippen molar-refractivity contribution in [2.24, 2.45) is 0 Å². The van der Waals surface area contributed by atoms with Crippen LogP contribution < -0.4 is 14.8 Å². The molecule has 0 bridgehead atoms. The lowest BCUT2D eigenvalue weighted by Gasteiger charge is -2.12. The molecule has 0 fully saturated rings. The Morgan fingerprint density at radius 2 is 1.69 bits per heavy atom. The number of nitrogens with zero attached hydrogens (tertiary/aromatic N) is 4. The largest absolute Gasteiger partial charge is 0.493 e. The second-order valence-electron chi connectivity index (χ2n) is 6.90. The molecule has 2 N–H and O–H groups in total. The number of carboxylic acid groups (broad SMARTS) is 1. The van der Waals surface area contributed by atoms with Gasteiger partial charge in [0.25, 0.3) is 0 Å². The van der Waals surface area contributed by atoms with E-state index in [2.05, 4.69) is 20.8 Å². The minimum Gasteiger partial charge on any atom is -0.493 e. The molecular formula is C23H21N5O4. The Bertz CT molecular complexity index is 1190. The zero-order valence-electron chi connectivity index (χ0n) is 17.3. The van der Waals surface area contributed by atoms with Crippen molar-refractivity contribution in [2.45, 2.75) is 13.1 Å². The van der Waals surface area contributed by atoms with Gasteiger partial charge in [-0.1, -0.05) is 41.5 Å². The molecule has 0 aliphatic heterocycles. The molecule has 1 heterocycles. The maximum absolute atomic E-state index is 10.9. The van der Waals surface area contributed by atoms with Crippen LogP contribution >= 0.6 is 0 Å². The molecule has 0 amide bonds. The van der Waals surface area contributed by atoms with E-state index in [4.69, 9.17) is 14.6 Å². The number of tetrazole rings is 1. The molecule has 0 aliphatic carbocycles. The standard InChI is InChI=1S/C23H21N5O4/c1-31-21-13-17(15-24-14-16-7-10-18(11-8-16)22(29)30)9-12-20(21)32-23-25-26-27-28(23)19-5-3-2-4-6-19/h2-13,24H,14-15H2,1H3,(H,29,30). The second-order valence-corrected chi connectivity index (χ2v) is 6.90. The maximum Gasteiger partial charge on any atom is 0.346 e. The smallest absolute Gasteiger partial charge is 0.346 e. The number of rotatable bonds is 9. The van der Waals surface area contributed by atoms with E-state index in [9.17, 15) is 4.79 Å². The summed E-state index contributed by atoms with van der Waals surface area (Å²) in [4.78, 5) is 10.9. The molecule has 32 heavy (non-hydrogen) atoms. The van der Waals surface area contributed by atoms with Crippen LogP contribution in [0.15, 0.2) is 72.8 Å². The molecule has 4 aromatic rings. The van der Waals surface area contributed by atoms with Crippen molar-refractivity contribution in [3.8, 4) is 23.2 Å². The first-order valence-electron chi connectivity index (χ1n) is 9.85. The average Bonchev–Trinajstić information content (AvgIpc) is 3.29. The number of aromatic carboxylic acids is 1. The normalized spacial score (nSPS) is 10.7. The molecule has 0 aliphatic rings. The Kier molecular flexibility index (Phi) is 6.38. The van der Waals surface area contributed by atoms with Crippen molar-refractivity contribution in [3.63, 3.8) is 0 Å². The van der Waals surface area contributed by atoms with Crippen LogP contribution in [0, 0.1) is 0 Å². The summed E-state index contributed by atoms with van der Waals surface area (Å²) in [6.45, 7) is 1.20. The summed E-state index contributed by atoms with van der Waals surface area (Å²) in [7, 11) is 1.57. The number of hydrogen-bond donors (Lipinski definition) is 2. The van der Waals surface area contributed by atoms with Crippen LogP contribution in [-0.2, 0) is 13.1 Å². The van der Waals surface area contributed by atoms with Crippen LogP contribution in [0.3, 0.4) is 0 Å². The van der Waals surface area contributed by atoms with Crippen LogP contribution in [-0.4, -0.2) is 38.4 Å². The lowest BCUT2D eigenvalue weighted by Crippen LogP contribution is -2.13. The van der Waals surface area contributed by atoms with Crippen LogP contribution in [0.4, 0.5) is 0 Å². The number of hydrogen-bond acceptors (Lipinski definition) is 7. The van der Waals surface area contributed by atoms with E-state index in [1.807, 2.05) is 48.5 Å². The number of ether oxygens (including phenoxy) is 2. The van der Waals surface area contributed by atoms with Crippen molar-refractivity contribution in [1.82, 2.24) is 25.5 Å². The number of para-hydroxylation sites is 1. The second kappa shape index (κ2) is 9.71. The van der Waals surface area contributed by atoms with Gasteiger partial charge in [0.05, 0.1) is 18.4 Å². The Morgan fingerprint density at radius 1 is 0.969 bits per heavy atom. The van der Waals surface area contributed by atoms with Crippen molar-refractivity contribution >= 4 is 5.97 Å². The summed E-state index contributed by atoms with van der Waals surface area (Å²) in [5, 5.41) is 24.0. The zero-order valence-corrected chi connectivity index (χ0v) is 17.3. The third kappa shape index (κ3) is 4.90. The van der Waals surface area contributed by atoms with Crippen LogP contribution in [0.5, 0.6) is 17.5 Å². The first kappa shape index (κ1) is 21.0. The summed E-state index contributed by atoms with van der Waals surface area (Å²) < 4.78 is 12.9. The number of carboxylic acids is 1. The molecule has 0 saturated carbocycles. The Hall–Kier alpha value is -4.24. The molecular weight excluding hydrogens is 410 g/mol. The highest BCUT2D eigenvalue weighted by molar-refractivity contribution is 5.87. The van der Waals surface area contributed by atoms with E-state index < -0.39 is 5.97 Å². The number of carbonyl (C=O) groups is 1. The minimum atomic E-state index is -0.934. The number of nitrogens with one attached hydrogen (secondary N) is 1. The van der Waals surface area contributed by atoms with Gasteiger partial charge in [0.2, 0.25) is 0 Å². The van der Waals surface area contributed by atoms with Gasteiger partial charge in [-0.3, -0.25) is 0 Å². The number of benzene rings is 3. The van der Waals surface area contributed by atoms with Crippen LogP contribution in [0.25, 0.3) is 5.69 Å². The van der Waals surface area contributed by atoms with Gasteiger partial charge in [-0.05, 0) is 58.0 Å². The quantitative estimate of drug-likeness (QED) is 0.415. The molecule has 4 rings (SSSR count). The molecule has 9 heteroatoms. The molecule has 0 saturated heterocycles. The maximum atomic E-state index is 10.9.